The third kappa shape index (κ3) is 2.68. The van der Waals surface area contributed by atoms with Gasteiger partial charge in [-0.3, -0.25) is 4.79 Å². The molecular formula is C18H15ClN6O. The molecule has 8 heteroatoms. The number of benzene rings is 2. The molecule has 0 radical (unpaired) electrons. The van der Waals surface area contributed by atoms with E-state index in [0.717, 1.165) is 5.56 Å². The second-order valence-corrected chi connectivity index (χ2v) is 6.26. The number of hydrogen-bond acceptors (Lipinski definition) is 5. The Hall–Kier alpha value is -3.32. The summed E-state index contributed by atoms with van der Waals surface area (Å²) < 4.78 is 1.19. The quantitative estimate of drug-likeness (QED) is 0.482. The lowest BCUT2D eigenvalue weighted by atomic mass is 10.2. The Bertz CT molecular complexity index is 1140. The molecule has 0 bridgehead atoms. The minimum Gasteiger partial charge on any atom is -0.383 e. The fourth-order valence-electron chi connectivity index (χ4n) is 2.78. The van der Waals surface area contributed by atoms with E-state index in [0.29, 0.717) is 33.8 Å². The van der Waals surface area contributed by atoms with Gasteiger partial charge in [0.1, 0.15) is 16.9 Å². The topological polar surface area (TPSA) is 112 Å². The number of para-hydroxylation sites is 2. The largest absolute Gasteiger partial charge is 0.383 e. The molecular weight excluding hydrogens is 352 g/mol. The molecule has 5 N–H and O–H groups in total. The number of amides is 1. The van der Waals surface area contributed by atoms with Crippen molar-refractivity contribution in [3.8, 4) is 0 Å². The molecule has 4 rings (SSSR count). The Morgan fingerprint density at radius 2 is 1.73 bits per heavy atom. The van der Waals surface area contributed by atoms with Gasteiger partial charge in [-0.05, 0) is 29.8 Å². The summed E-state index contributed by atoms with van der Waals surface area (Å²) in [5, 5.41) is 3.47. The van der Waals surface area contributed by atoms with Crippen molar-refractivity contribution < 1.29 is 4.79 Å². The molecule has 0 aliphatic rings. The van der Waals surface area contributed by atoms with Crippen LogP contribution in [-0.2, 0) is 6.54 Å². The van der Waals surface area contributed by atoms with Gasteiger partial charge in [-0.2, -0.15) is 0 Å². The smallest absolute Gasteiger partial charge is 0.257 e. The second-order valence-electron chi connectivity index (χ2n) is 5.82. The van der Waals surface area contributed by atoms with E-state index in [1.165, 1.54) is 4.68 Å². The van der Waals surface area contributed by atoms with Gasteiger partial charge >= 0.3 is 0 Å². The van der Waals surface area contributed by atoms with E-state index in [1.807, 2.05) is 36.4 Å². The Morgan fingerprint density at radius 1 is 1.08 bits per heavy atom. The summed E-state index contributed by atoms with van der Waals surface area (Å²) in [5.74, 6) is 5.74. The molecule has 0 spiro atoms. The average Bonchev–Trinajstić information content (AvgIpc) is 2.89. The van der Waals surface area contributed by atoms with Crippen LogP contribution in [0.5, 0.6) is 0 Å². The van der Waals surface area contributed by atoms with Crippen molar-refractivity contribution in [3.63, 3.8) is 0 Å². The van der Waals surface area contributed by atoms with E-state index in [4.69, 9.17) is 23.2 Å². The second kappa shape index (κ2) is 6.20. The molecule has 0 saturated heterocycles. The molecule has 1 amide bonds. The van der Waals surface area contributed by atoms with Gasteiger partial charge in [0.15, 0.2) is 5.65 Å². The standard InChI is InChI=1S/C18H15ClN6O/c19-11-7-5-10(6-8-11)9-22-18(26)14-15-17(25(21)16(14)20)24-13-4-2-1-3-12(13)23-15/h1-8H,9,20-21H2,(H,22,26). The molecule has 0 atom stereocenters. The van der Waals surface area contributed by atoms with Crippen LogP contribution in [0.3, 0.4) is 0 Å². The van der Waals surface area contributed by atoms with Crippen molar-refractivity contribution >= 4 is 45.5 Å². The van der Waals surface area contributed by atoms with Gasteiger partial charge in [-0.25, -0.2) is 14.6 Å². The maximum Gasteiger partial charge on any atom is 0.257 e. The molecule has 2 aromatic carbocycles. The summed E-state index contributed by atoms with van der Waals surface area (Å²) in [7, 11) is 0. The number of halogens is 1. The van der Waals surface area contributed by atoms with Crippen LogP contribution in [-0.4, -0.2) is 20.6 Å². The van der Waals surface area contributed by atoms with Crippen LogP contribution >= 0.6 is 11.6 Å². The highest BCUT2D eigenvalue weighted by Crippen LogP contribution is 2.25. The van der Waals surface area contributed by atoms with Crippen LogP contribution in [0.25, 0.3) is 22.2 Å². The van der Waals surface area contributed by atoms with Gasteiger partial charge in [0.2, 0.25) is 0 Å². The highest BCUT2D eigenvalue weighted by molar-refractivity contribution is 6.30. The number of rotatable bonds is 3. The van der Waals surface area contributed by atoms with E-state index in [2.05, 4.69) is 15.3 Å². The predicted molar refractivity (Wildman–Crippen MR) is 102 cm³/mol. The first-order valence-corrected chi connectivity index (χ1v) is 8.27. The van der Waals surface area contributed by atoms with Gasteiger partial charge in [0, 0.05) is 11.6 Å². The maximum atomic E-state index is 12.7. The van der Waals surface area contributed by atoms with Crippen molar-refractivity contribution in [2.24, 2.45) is 0 Å². The fraction of sp³-hybridized carbons (Fsp3) is 0.0556. The number of nitrogens with two attached hydrogens (primary N) is 2. The van der Waals surface area contributed by atoms with Crippen molar-refractivity contribution in [3.05, 3.63) is 64.7 Å². The van der Waals surface area contributed by atoms with Crippen LogP contribution < -0.4 is 16.9 Å². The van der Waals surface area contributed by atoms with Gasteiger partial charge in [0.25, 0.3) is 5.91 Å². The Kier molecular flexibility index (Phi) is 3.85. The van der Waals surface area contributed by atoms with Gasteiger partial charge in [-0.1, -0.05) is 35.9 Å². The molecule has 2 aromatic heterocycles. The predicted octanol–water partition coefficient (Wildman–Crippen LogP) is 2.46. The molecule has 2 heterocycles. The first kappa shape index (κ1) is 16.2. The third-order valence-corrected chi connectivity index (χ3v) is 4.38. The number of nitrogen functional groups attached to an aromatic ring is 2. The van der Waals surface area contributed by atoms with Gasteiger partial charge < -0.3 is 16.9 Å². The molecule has 4 aromatic rings. The number of carbonyl (C=O) groups is 1. The monoisotopic (exact) mass is 366 g/mol. The Labute approximate surface area is 153 Å². The van der Waals surface area contributed by atoms with E-state index in [9.17, 15) is 4.79 Å². The SMILES string of the molecule is Nc1c(C(=O)NCc2ccc(Cl)cc2)c2nc3ccccc3nc2n1N. The van der Waals surface area contributed by atoms with Crippen molar-refractivity contribution in [2.75, 3.05) is 11.6 Å². The number of carbonyl (C=O) groups excluding carboxylic acids is 1. The first-order chi connectivity index (χ1) is 12.5. The lowest BCUT2D eigenvalue weighted by Crippen LogP contribution is -2.24. The summed E-state index contributed by atoms with van der Waals surface area (Å²) in [4.78, 5) is 21.7. The number of anilines is 1. The lowest BCUT2D eigenvalue weighted by molar-refractivity contribution is 0.0953. The number of aromatic nitrogens is 3. The molecule has 26 heavy (non-hydrogen) atoms. The van der Waals surface area contributed by atoms with Crippen molar-refractivity contribution in [1.82, 2.24) is 20.0 Å². The summed E-state index contributed by atoms with van der Waals surface area (Å²) in [6.45, 7) is 0.327. The zero-order valence-corrected chi connectivity index (χ0v) is 14.4. The molecule has 0 unspecified atom stereocenters. The highest BCUT2D eigenvalue weighted by Gasteiger charge is 2.22. The van der Waals surface area contributed by atoms with E-state index in [-0.39, 0.29) is 17.3 Å². The fourth-order valence-corrected chi connectivity index (χ4v) is 2.91. The van der Waals surface area contributed by atoms with Crippen molar-refractivity contribution in [1.29, 1.82) is 0 Å². The first-order valence-electron chi connectivity index (χ1n) is 7.89. The summed E-state index contributed by atoms with van der Waals surface area (Å²) in [6.07, 6.45) is 0. The Morgan fingerprint density at radius 3 is 2.42 bits per heavy atom. The van der Waals surface area contributed by atoms with Crippen LogP contribution in [0.1, 0.15) is 15.9 Å². The molecule has 0 aliphatic heterocycles. The van der Waals surface area contributed by atoms with Gasteiger partial charge in [-0.15, -0.1) is 0 Å². The summed E-state index contributed by atoms with van der Waals surface area (Å²) in [6, 6.07) is 14.6. The zero-order valence-electron chi connectivity index (χ0n) is 13.6. The summed E-state index contributed by atoms with van der Waals surface area (Å²) >= 11 is 5.87. The lowest BCUT2D eigenvalue weighted by Gasteiger charge is -2.06. The maximum absolute atomic E-state index is 12.7. The van der Waals surface area contributed by atoms with Crippen LogP contribution in [0.4, 0.5) is 5.82 Å². The van der Waals surface area contributed by atoms with Crippen molar-refractivity contribution in [2.45, 2.75) is 6.54 Å². The number of nitrogens with one attached hydrogen (secondary N) is 1. The molecule has 130 valence electrons. The van der Waals surface area contributed by atoms with Crippen LogP contribution in [0.2, 0.25) is 5.02 Å². The van der Waals surface area contributed by atoms with E-state index in [1.54, 1.807) is 12.1 Å². The number of nitrogens with zero attached hydrogens (tertiary/aromatic N) is 3. The van der Waals surface area contributed by atoms with Crippen LogP contribution in [0, 0.1) is 0 Å². The van der Waals surface area contributed by atoms with Crippen LogP contribution in [0.15, 0.2) is 48.5 Å². The average molecular weight is 367 g/mol. The number of hydrogen-bond donors (Lipinski definition) is 3. The molecule has 0 saturated carbocycles. The van der Waals surface area contributed by atoms with E-state index < -0.39 is 0 Å². The minimum atomic E-state index is -0.365. The van der Waals surface area contributed by atoms with Gasteiger partial charge in [0.05, 0.1) is 11.0 Å². The highest BCUT2D eigenvalue weighted by atomic mass is 35.5. The zero-order chi connectivity index (χ0) is 18.3. The normalized spacial score (nSPS) is 11.1. The number of fused-ring (bicyclic) bond motifs is 2. The summed E-state index contributed by atoms with van der Waals surface area (Å²) in [5.41, 5.74) is 9.25. The molecule has 7 nitrogen and oxygen atoms in total. The van der Waals surface area contributed by atoms with E-state index >= 15 is 0 Å². The third-order valence-electron chi connectivity index (χ3n) is 4.13. The minimum absolute atomic E-state index is 0.115. The Balaban J connectivity index is 1.72. The molecule has 0 fully saturated rings. The molecule has 0 aliphatic carbocycles.